The highest BCUT2D eigenvalue weighted by atomic mass is 35.5. The highest BCUT2D eigenvalue weighted by molar-refractivity contribution is 8.00. The lowest BCUT2D eigenvalue weighted by Crippen LogP contribution is -2.52. The lowest BCUT2D eigenvalue weighted by Gasteiger charge is -2.40. The second-order valence-corrected chi connectivity index (χ2v) is 8.70. The third-order valence-electron chi connectivity index (χ3n) is 4.89. The van der Waals surface area contributed by atoms with Crippen LogP contribution in [0.5, 0.6) is 0 Å². The average molecular weight is 412 g/mol. The van der Waals surface area contributed by atoms with Crippen LogP contribution in [0.3, 0.4) is 0 Å². The van der Waals surface area contributed by atoms with E-state index >= 15 is 0 Å². The van der Waals surface area contributed by atoms with E-state index in [-0.39, 0.29) is 5.91 Å². The van der Waals surface area contributed by atoms with Gasteiger partial charge in [0.15, 0.2) is 10.8 Å². The number of nitriles is 1. The summed E-state index contributed by atoms with van der Waals surface area (Å²) in [5.41, 5.74) is -0.212. The second-order valence-electron chi connectivity index (χ2n) is 6.54. The highest BCUT2D eigenvalue weighted by Gasteiger charge is 2.40. The zero-order valence-electron chi connectivity index (χ0n) is 14.6. The Kier molecular flexibility index (Phi) is 5.66. The summed E-state index contributed by atoms with van der Waals surface area (Å²) in [6.45, 7) is 1.81. The van der Waals surface area contributed by atoms with Crippen molar-refractivity contribution in [3.05, 3.63) is 22.3 Å². The summed E-state index contributed by atoms with van der Waals surface area (Å²) in [4.78, 5) is 14.6. The van der Waals surface area contributed by atoms with E-state index < -0.39 is 10.8 Å². The monoisotopic (exact) mass is 411 g/mol. The van der Waals surface area contributed by atoms with Crippen LogP contribution >= 0.6 is 35.0 Å². The van der Waals surface area contributed by atoms with Gasteiger partial charge in [0.25, 0.3) is 0 Å². The van der Waals surface area contributed by atoms with E-state index in [1.165, 1.54) is 11.8 Å². The summed E-state index contributed by atoms with van der Waals surface area (Å²) in [5.74, 6) is -0.0941. The molecule has 2 aromatic rings. The molecule has 0 saturated heterocycles. The van der Waals surface area contributed by atoms with Gasteiger partial charge in [0.2, 0.25) is 5.91 Å². The van der Waals surface area contributed by atoms with Crippen LogP contribution in [0.15, 0.2) is 17.4 Å². The molecule has 1 fully saturated rings. The molecule has 26 heavy (non-hydrogen) atoms. The second kappa shape index (κ2) is 7.63. The van der Waals surface area contributed by atoms with Crippen LogP contribution in [-0.2, 0) is 4.79 Å². The number of hydrogen-bond donors (Lipinski definition) is 0. The molecule has 1 aliphatic carbocycles. The van der Waals surface area contributed by atoms with Crippen LogP contribution in [-0.4, -0.2) is 43.2 Å². The number of pyridine rings is 1. The maximum Gasteiger partial charge on any atom is 0.236 e. The zero-order valence-corrected chi connectivity index (χ0v) is 16.9. The fraction of sp³-hybridized carbons (Fsp3) is 0.529. The van der Waals surface area contributed by atoms with E-state index in [9.17, 15) is 10.1 Å². The van der Waals surface area contributed by atoms with Gasteiger partial charge >= 0.3 is 0 Å². The van der Waals surface area contributed by atoms with Crippen molar-refractivity contribution in [1.82, 2.24) is 19.5 Å². The van der Waals surface area contributed by atoms with Gasteiger partial charge in [0.05, 0.1) is 21.4 Å². The van der Waals surface area contributed by atoms with Crippen molar-refractivity contribution in [3.8, 4) is 6.07 Å². The molecular weight excluding hydrogens is 393 g/mol. The lowest BCUT2D eigenvalue weighted by molar-refractivity contribution is -0.133. The summed E-state index contributed by atoms with van der Waals surface area (Å²) in [7, 11) is 1.73. The molecule has 1 atom stereocenters. The van der Waals surface area contributed by atoms with Gasteiger partial charge in [-0.15, -0.1) is 10.2 Å². The molecule has 0 spiro atoms. The number of amides is 1. The Morgan fingerprint density at radius 2 is 2.08 bits per heavy atom. The van der Waals surface area contributed by atoms with Crippen LogP contribution in [0.4, 0.5) is 0 Å². The molecule has 1 amide bonds. The molecule has 2 heterocycles. The van der Waals surface area contributed by atoms with Crippen LogP contribution in [0.2, 0.25) is 10.0 Å². The van der Waals surface area contributed by atoms with Crippen molar-refractivity contribution in [3.63, 3.8) is 0 Å². The molecule has 0 radical (unpaired) electrons. The van der Waals surface area contributed by atoms with Crippen molar-refractivity contribution >= 4 is 46.5 Å². The first-order valence-electron chi connectivity index (χ1n) is 8.43. The number of rotatable bonds is 4. The fourth-order valence-electron chi connectivity index (χ4n) is 3.33. The van der Waals surface area contributed by atoms with Crippen molar-refractivity contribution in [2.24, 2.45) is 0 Å². The molecule has 0 unspecified atom stereocenters. The molecule has 0 aromatic carbocycles. The maximum atomic E-state index is 12.9. The molecule has 0 bridgehead atoms. The number of halogens is 2. The zero-order chi connectivity index (χ0) is 18.9. The van der Waals surface area contributed by atoms with E-state index in [1.54, 1.807) is 28.6 Å². The Balaban J connectivity index is 1.80. The Bertz CT molecular complexity index is 872. The number of aromatic nitrogens is 3. The van der Waals surface area contributed by atoms with Crippen LogP contribution in [0.1, 0.15) is 39.0 Å². The Morgan fingerprint density at radius 1 is 1.38 bits per heavy atom. The predicted molar refractivity (Wildman–Crippen MR) is 103 cm³/mol. The average Bonchev–Trinajstić information content (AvgIpc) is 3.03. The van der Waals surface area contributed by atoms with E-state index in [0.29, 0.717) is 20.8 Å². The molecule has 6 nitrogen and oxygen atoms in total. The summed E-state index contributed by atoms with van der Waals surface area (Å²) in [6.07, 6.45) is 6.17. The van der Waals surface area contributed by atoms with Gasteiger partial charge in [-0.2, -0.15) is 5.26 Å². The first kappa shape index (κ1) is 19.3. The van der Waals surface area contributed by atoms with Crippen LogP contribution < -0.4 is 0 Å². The SMILES string of the molecule is C[C@@H](Sc1nnc2c(Cl)cc(Cl)cn12)C(=O)N(C)C1(C#N)CCCCC1. The van der Waals surface area contributed by atoms with E-state index in [1.807, 2.05) is 6.92 Å². The molecule has 3 rings (SSSR count). The van der Waals surface area contributed by atoms with Gasteiger partial charge in [0.1, 0.15) is 5.54 Å². The normalized spacial score (nSPS) is 17.7. The van der Waals surface area contributed by atoms with E-state index in [2.05, 4.69) is 16.3 Å². The summed E-state index contributed by atoms with van der Waals surface area (Å²) >= 11 is 13.5. The van der Waals surface area contributed by atoms with Crippen molar-refractivity contribution in [2.45, 2.75) is 55.0 Å². The molecule has 0 aliphatic heterocycles. The van der Waals surface area contributed by atoms with Gasteiger partial charge < -0.3 is 4.90 Å². The molecule has 138 valence electrons. The maximum absolute atomic E-state index is 12.9. The lowest BCUT2D eigenvalue weighted by atomic mass is 9.81. The number of hydrogen-bond acceptors (Lipinski definition) is 5. The van der Waals surface area contributed by atoms with E-state index in [4.69, 9.17) is 23.2 Å². The van der Waals surface area contributed by atoms with Gasteiger partial charge in [-0.1, -0.05) is 54.2 Å². The summed E-state index contributed by atoms with van der Waals surface area (Å²) < 4.78 is 1.68. The third kappa shape index (κ3) is 3.51. The molecule has 1 saturated carbocycles. The highest BCUT2D eigenvalue weighted by Crippen LogP contribution is 2.34. The topological polar surface area (TPSA) is 74.3 Å². The Hall–Kier alpha value is -1.49. The van der Waals surface area contributed by atoms with E-state index in [0.717, 1.165) is 32.1 Å². The number of nitrogens with zero attached hydrogens (tertiary/aromatic N) is 5. The molecule has 1 aliphatic rings. The fourth-order valence-corrected chi connectivity index (χ4v) is 4.76. The van der Waals surface area contributed by atoms with Crippen molar-refractivity contribution in [1.29, 1.82) is 5.26 Å². The molecule has 9 heteroatoms. The minimum absolute atomic E-state index is 0.0941. The molecule has 0 N–H and O–H groups in total. The predicted octanol–water partition coefficient (Wildman–Crippen LogP) is 4.20. The molecule has 2 aromatic heterocycles. The smallest absolute Gasteiger partial charge is 0.236 e. The number of fused-ring (bicyclic) bond motifs is 1. The standard InChI is InChI=1S/C17H19Cl2N5OS/c1-11(15(25)23(2)17(10-20)6-4-3-5-7-17)26-16-22-21-14-13(19)8-12(18)9-24(14)16/h8-9,11H,3-7H2,1-2H3/t11-/m1/s1. The van der Waals surface area contributed by atoms with Crippen LogP contribution in [0.25, 0.3) is 5.65 Å². The van der Waals surface area contributed by atoms with Gasteiger partial charge in [-0.3, -0.25) is 9.20 Å². The summed E-state index contributed by atoms with van der Waals surface area (Å²) in [5, 5.41) is 18.9. The summed E-state index contributed by atoms with van der Waals surface area (Å²) in [6, 6.07) is 3.99. The first-order valence-corrected chi connectivity index (χ1v) is 10.1. The Morgan fingerprint density at radius 3 is 2.73 bits per heavy atom. The third-order valence-corrected chi connectivity index (χ3v) is 6.42. The number of thioether (sulfide) groups is 1. The number of carbonyl (C=O) groups excluding carboxylic acids is 1. The quantitative estimate of drug-likeness (QED) is 0.704. The van der Waals surface area contributed by atoms with Gasteiger partial charge in [-0.25, -0.2) is 0 Å². The van der Waals surface area contributed by atoms with Crippen LogP contribution in [0, 0.1) is 11.3 Å². The van der Waals surface area contributed by atoms with Gasteiger partial charge in [-0.05, 0) is 25.8 Å². The first-order chi connectivity index (χ1) is 12.4. The van der Waals surface area contributed by atoms with Crippen molar-refractivity contribution in [2.75, 3.05) is 7.05 Å². The minimum Gasteiger partial charge on any atom is -0.326 e. The minimum atomic E-state index is -0.705. The number of carbonyl (C=O) groups is 1. The van der Waals surface area contributed by atoms with Gasteiger partial charge in [0, 0.05) is 13.2 Å². The van der Waals surface area contributed by atoms with Crippen molar-refractivity contribution < 1.29 is 4.79 Å². The Labute approximate surface area is 166 Å². The molecular formula is C17H19Cl2N5OS. The largest absolute Gasteiger partial charge is 0.326 e.